The lowest BCUT2D eigenvalue weighted by Gasteiger charge is -2.47. The average molecular weight is 1140 g/mol. The van der Waals surface area contributed by atoms with E-state index < -0.39 is 84.4 Å². The third-order valence-corrected chi connectivity index (χ3v) is 18.4. The number of hydrogen-bond donors (Lipinski definition) is 7. The van der Waals surface area contributed by atoms with E-state index in [1.165, 1.54) is 0 Å². The Morgan fingerprint density at radius 1 is 0.802 bits per heavy atom. The third kappa shape index (κ3) is 13.8. The van der Waals surface area contributed by atoms with E-state index in [1.807, 2.05) is 0 Å². The van der Waals surface area contributed by atoms with Crippen molar-refractivity contribution in [3.05, 3.63) is 54.1 Å². The van der Waals surface area contributed by atoms with E-state index in [2.05, 4.69) is 41.3 Å². The van der Waals surface area contributed by atoms with Gasteiger partial charge in [0.25, 0.3) is 0 Å². The van der Waals surface area contributed by atoms with Gasteiger partial charge in [-0.15, -0.1) is 0 Å². The Hall–Kier alpha value is -4.59. The van der Waals surface area contributed by atoms with E-state index in [-0.39, 0.29) is 124 Å². The Bertz CT molecular complexity index is 2450. The zero-order chi connectivity index (χ0) is 57.3. The molecule has 448 valence electrons. The van der Waals surface area contributed by atoms with Crippen molar-refractivity contribution in [2.24, 2.45) is 29.2 Å². The van der Waals surface area contributed by atoms with Crippen molar-refractivity contribution >= 4 is 35.4 Å². The highest BCUT2D eigenvalue weighted by atomic mass is 16.8. The van der Waals surface area contributed by atoms with Gasteiger partial charge in [0.2, 0.25) is 11.8 Å². The molecule has 21 atom stereocenters. The highest BCUT2D eigenvalue weighted by Gasteiger charge is 2.69. The number of methoxy groups -OCH3 is 1. The molecule has 0 aliphatic carbocycles. The van der Waals surface area contributed by atoms with E-state index >= 15 is 0 Å². The Morgan fingerprint density at radius 3 is 2.30 bits per heavy atom. The highest BCUT2D eigenvalue weighted by Crippen LogP contribution is 2.54. The Kier molecular flexibility index (Phi) is 18.9. The summed E-state index contributed by atoms with van der Waals surface area (Å²) in [5, 5.41) is 22.1. The Morgan fingerprint density at radius 2 is 1.53 bits per heavy atom. The van der Waals surface area contributed by atoms with Gasteiger partial charge in [-0.2, -0.15) is 0 Å². The molecule has 22 heteroatoms. The number of benzene rings is 1. The number of ketones is 1. The van der Waals surface area contributed by atoms with Gasteiger partial charge in [-0.25, -0.2) is 9.59 Å². The fraction of sp³-hybridized carbons (Fsp3) is 0.746. The number of aliphatic hydroxyl groups excluding tert-OH is 1. The largest absolute Gasteiger partial charge is 0.445 e. The molecule has 12 bridgehead atoms. The number of carbonyl (C=O) groups excluding carboxylic acids is 5. The second-order valence-electron chi connectivity index (χ2n) is 24.6. The highest BCUT2D eigenvalue weighted by molar-refractivity contribution is 5.97. The molecule has 10 aliphatic heterocycles. The predicted octanol–water partition coefficient (Wildman–Crippen LogP) is 4.26. The zero-order valence-corrected chi connectivity index (χ0v) is 47.3. The molecular formula is C59H86N6O16. The molecule has 1 aromatic carbocycles. The van der Waals surface area contributed by atoms with E-state index in [0.717, 1.165) is 43.3 Å². The third-order valence-electron chi connectivity index (χ3n) is 18.4. The number of primary amides is 1. The molecule has 0 saturated carbocycles. The van der Waals surface area contributed by atoms with Crippen molar-refractivity contribution in [1.29, 1.82) is 0 Å². The maximum atomic E-state index is 14.5. The summed E-state index contributed by atoms with van der Waals surface area (Å²) in [6.45, 7) is 14.7. The van der Waals surface area contributed by atoms with Crippen LogP contribution in [0, 0.1) is 17.8 Å². The fourth-order valence-electron chi connectivity index (χ4n) is 13.9. The van der Waals surface area contributed by atoms with E-state index in [1.54, 1.807) is 45.2 Å². The molecule has 5 amide bonds. The molecule has 10 fully saturated rings. The van der Waals surface area contributed by atoms with Gasteiger partial charge in [0, 0.05) is 70.3 Å². The molecule has 10 saturated heterocycles. The van der Waals surface area contributed by atoms with Gasteiger partial charge in [-0.05, 0) is 98.5 Å². The van der Waals surface area contributed by atoms with Crippen molar-refractivity contribution in [2.45, 2.75) is 239 Å². The van der Waals surface area contributed by atoms with Crippen LogP contribution in [0.1, 0.15) is 123 Å². The normalized spacial score (nSPS) is 38.3. The molecule has 0 aromatic heterocycles. The minimum absolute atomic E-state index is 0.0112. The molecule has 0 radical (unpaired) electrons. The monoisotopic (exact) mass is 1130 g/mol. The van der Waals surface area contributed by atoms with Crippen LogP contribution in [-0.4, -0.2) is 171 Å². The molecule has 22 nitrogen and oxygen atoms in total. The van der Waals surface area contributed by atoms with Crippen molar-refractivity contribution in [3.63, 3.8) is 0 Å². The molecule has 81 heavy (non-hydrogen) atoms. The number of urea groups is 1. The summed E-state index contributed by atoms with van der Waals surface area (Å²) in [6, 6.07) is 4.17. The molecule has 10 aliphatic rings. The number of nitrogens with one attached hydrogen (secondary N) is 4. The summed E-state index contributed by atoms with van der Waals surface area (Å²) in [6.07, 6.45) is 1.63. The predicted molar refractivity (Wildman–Crippen MR) is 292 cm³/mol. The number of fused-ring (bicyclic) bond motifs is 6. The van der Waals surface area contributed by atoms with Crippen molar-refractivity contribution in [2.75, 3.05) is 25.5 Å². The first kappa shape index (κ1) is 59.6. The number of aliphatic hydroxyl groups is 1. The van der Waals surface area contributed by atoms with Crippen LogP contribution in [0.25, 0.3) is 0 Å². The number of nitrogens with two attached hydrogens (primary N) is 2. The first-order chi connectivity index (χ1) is 38.8. The average Bonchev–Trinajstić information content (AvgIpc) is 2.27. The smallest absolute Gasteiger partial charge is 0.407 e. The number of alkyl carbamates (subject to hydrolysis) is 1. The lowest BCUT2D eigenvalue weighted by Crippen LogP contribution is -2.61. The first-order valence-electron chi connectivity index (χ1n) is 29.6. The number of ether oxygens (including phenoxy) is 10. The van der Waals surface area contributed by atoms with Crippen LogP contribution in [0.2, 0.25) is 0 Å². The summed E-state index contributed by atoms with van der Waals surface area (Å²) >= 11 is 0. The SMILES string of the molecule is C=C1C[C@@H]2CC[C@@]34C[C@H]5O[C@H]6[C@@H](O3)[C@H]3OC(CC[C@@H]3O[C@H]6[C@H]5O4)CC(=O)C[C@H]3C(C[C@H]4OC(CCC1O2)C[C@@H](C)C4=C)O[C@H](C[C@H](O)CNC(=O)OCc1ccc(NC(=O)C(CCCNC(N)=O)NC(=O)[C@@H](N)C(C)C)cc1)[C@@H]3OC. The van der Waals surface area contributed by atoms with E-state index in [9.17, 15) is 29.1 Å². The number of anilines is 1. The molecule has 10 heterocycles. The van der Waals surface area contributed by atoms with Crippen molar-refractivity contribution in [1.82, 2.24) is 16.0 Å². The second-order valence-corrected chi connectivity index (χ2v) is 24.6. The molecule has 1 aromatic rings. The number of rotatable bonds is 16. The lowest BCUT2D eigenvalue weighted by atomic mass is 9.81. The van der Waals surface area contributed by atoms with Crippen LogP contribution in [0.5, 0.6) is 0 Å². The van der Waals surface area contributed by atoms with Crippen LogP contribution in [0.4, 0.5) is 15.3 Å². The number of hydrogen-bond acceptors (Lipinski definition) is 17. The van der Waals surface area contributed by atoms with Gasteiger partial charge in [0.1, 0.15) is 49.0 Å². The molecule has 5 unspecified atom stereocenters. The number of carbonyl (C=O) groups is 5. The van der Waals surface area contributed by atoms with Crippen LogP contribution in [0.3, 0.4) is 0 Å². The number of amides is 5. The lowest BCUT2D eigenvalue weighted by molar-refractivity contribution is -0.292. The van der Waals surface area contributed by atoms with Gasteiger partial charge >= 0.3 is 12.1 Å². The molecule has 9 N–H and O–H groups in total. The van der Waals surface area contributed by atoms with Crippen molar-refractivity contribution < 1.29 is 76.4 Å². The Labute approximate surface area is 474 Å². The molecular weight excluding hydrogens is 1050 g/mol. The van der Waals surface area contributed by atoms with E-state index in [0.29, 0.717) is 49.8 Å². The summed E-state index contributed by atoms with van der Waals surface area (Å²) in [7, 11) is 1.59. The topological polar surface area (TPSA) is 298 Å². The number of Topliss-reactive ketones (excluding diaryl/α,β-unsaturated/α-hetero) is 1. The van der Waals surface area contributed by atoms with Gasteiger partial charge < -0.3 is 85.2 Å². The Balaban J connectivity index is 0.762. The molecule has 11 rings (SSSR count). The van der Waals surface area contributed by atoms with Gasteiger partial charge in [-0.3, -0.25) is 14.4 Å². The van der Waals surface area contributed by atoms with Gasteiger partial charge in [0.15, 0.2) is 5.79 Å². The van der Waals surface area contributed by atoms with Crippen LogP contribution >= 0.6 is 0 Å². The van der Waals surface area contributed by atoms with Crippen molar-refractivity contribution in [3.8, 4) is 0 Å². The van der Waals surface area contributed by atoms with E-state index in [4.69, 9.17) is 58.8 Å². The quantitative estimate of drug-likeness (QED) is 0.0899. The maximum Gasteiger partial charge on any atom is 0.407 e. The van der Waals surface area contributed by atoms with Crippen LogP contribution in [0.15, 0.2) is 48.6 Å². The minimum Gasteiger partial charge on any atom is -0.445 e. The van der Waals surface area contributed by atoms with Gasteiger partial charge in [-0.1, -0.05) is 46.1 Å². The summed E-state index contributed by atoms with van der Waals surface area (Å²) in [5.74, 6) is -2.16. The van der Waals surface area contributed by atoms with Crippen LogP contribution in [-0.2, 0) is 68.4 Å². The van der Waals surface area contributed by atoms with Gasteiger partial charge in [0.05, 0.1) is 73.2 Å². The zero-order valence-electron chi connectivity index (χ0n) is 47.3. The summed E-state index contributed by atoms with van der Waals surface area (Å²) in [4.78, 5) is 64.7. The van der Waals surface area contributed by atoms with Crippen LogP contribution < -0.4 is 32.7 Å². The fourth-order valence-corrected chi connectivity index (χ4v) is 13.9. The minimum atomic E-state index is -1.07. The summed E-state index contributed by atoms with van der Waals surface area (Å²) < 4.78 is 66.2. The molecule has 1 spiro atoms. The maximum absolute atomic E-state index is 14.5. The standard InChI is InChI=1S/C59H86N6O16/c1-29(2)48(60)56(69)65-41(8-7-19-62-57(61)70)55(68)64-34-11-9-33(10-12-34)28-73-58(71)63-27-36(67)24-46-49(72-6)40-23-35(66)22-38-14-16-43-50(76-38)54-53-52(78-43)51-47(79-53)26-59(80-51,81-54)18-17-39-21-31(4)42(74-39)15-13-37-20-30(3)32(5)44(75-37)25-45(40)77-46/h9-12,29-30,36-54,67H,4-5,7-8,13-28,60H2,1-3,6H3,(H,63,71)(H,64,68)(H,65,69)(H3,61,62,70)/t30-,36+,37?,38?,39+,40+,41?,42?,43+,44-,45?,46-,47-,48+,49-,50+,51+,52+,53-,54+,59+/m1/s1. The summed E-state index contributed by atoms with van der Waals surface area (Å²) in [5.41, 5.74) is 14.3. The first-order valence-corrected chi connectivity index (χ1v) is 29.6. The second kappa shape index (κ2) is 25.7.